The van der Waals surface area contributed by atoms with Gasteiger partial charge in [0.05, 0.1) is 23.9 Å². The van der Waals surface area contributed by atoms with E-state index < -0.39 is 11.6 Å². The Bertz CT molecular complexity index is 774. The molecular formula is C19H24N4O4. The van der Waals surface area contributed by atoms with Crippen LogP contribution in [0.4, 0.5) is 6.01 Å². The number of aromatic nitrogens is 2. The van der Waals surface area contributed by atoms with Crippen LogP contribution < -0.4 is 10.2 Å². The third-order valence-electron chi connectivity index (χ3n) is 5.68. The smallest absolute Gasteiger partial charge is 0.297 e. The number of hydrogen-bond acceptors (Lipinski definition) is 7. The number of carbonyl (C=O) groups excluding carboxylic acids is 1. The Morgan fingerprint density at radius 3 is 2.70 bits per heavy atom. The molecule has 2 aliphatic rings. The summed E-state index contributed by atoms with van der Waals surface area (Å²) in [6, 6.07) is 3.94. The van der Waals surface area contributed by atoms with Gasteiger partial charge in [0, 0.05) is 37.5 Å². The molecule has 4 rings (SSSR count). The topological polar surface area (TPSA) is 101 Å². The monoisotopic (exact) mass is 372 g/mol. The van der Waals surface area contributed by atoms with Crippen LogP contribution in [0.3, 0.4) is 0 Å². The lowest BCUT2D eigenvalue weighted by Crippen LogP contribution is -2.65. The van der Waals surface area contributed by atoms with Gasteiger partial charge >= 0.3 is 0 Å². The molecule has 0 saturated carbocycles. The van der Waals surface area contributed by atoms with Crippen molar-refractivity contribution >= 4 is 11.9 Å². The number of pyridine rings is 1. The fraction of sp³-hybridized carbons (Fsp3) is 0.526. The van der Waals surface area contributed by atoms with E-state index in [-0.39, 0.29) is 18.1 Å². The molecule has 8 heteroatoms. The quantitative estimate of drug-likeness (QED) is 0.839. The lowest BCUT2D eigenvalue weighted by Gasteiger charge is -2.51. The summed E-state index contributed by atoms with van der Waals surface area (Å²) < 4.78 is 11.5. The number of ether oxygens (including phenoxy) is 1. The summed E-state index contributed by atoms with van der Waals surface area (Å²) in [6.45, 7) is 3.60. The summed E-state index contributed by atoms with van der Waals surface area (Å²) in [5.74, 6) is -0.215. The highest BCUT2D eigenvalue weighted by Crippen LogP contribution is 2.40. The summed E-state index contributed by atoms with van der Waals surface area (Å²) in [7, 11) is 0. The summed E-state index contributed by atoms with van der Waals surface area (Å²) >= 11 is 0. The van der Waals surface area contributed by atoms with Crippen molar-refractivity contribution in [1.82, 2.24) is 15.3 Å². The van der Waals surface area contributed by atoms with Crippen molar-refractivity contribution in [3.05, 3.63) is 42.5 Å². The van der Waals surface area contributed by atoms with Crippen molar-refractivity contribution in [2.75, 3.05) is 24.6 Å². The van der Waals surface area contributed by atoms with Gasteiger partial charge in [0.15, 0.2) is 0 Å². The van der Waals surface area contributed by atoms with Crippen LogP contribution in [0.1, 0.15) is 36.5 Å². The first-order valence-electron chi connectivity index (χ1n) is 9.19. The standard InChI is InChI=1S/C19H24N4O4/c1-18(22-16(25)14-2-6-20-7-3-14)13-19(27-12-15(18)24)4-9-23(10-5-19)17-21-8-11-26-17/h2-3,6-8,11,15,24H,4-5,9-10,12-13H2,1H3,(H,22,25)/t15-,18-/m1/s1. The number of hydrogen-bond donors (Lipinski definition) is 2. The maximum absolute atomic E-state index is 12.6. The minimum Gasteiger partial charge on any atom is -0.432 e. The van der Waals surface area contributed by atoms with Crippen molar-refractivity contribution in [1.29, 1.82) is 0 Å². The minimum atomic E-state index is -0.765. The van der Waals surface area contributed by atoms with Gasteiger partial charge in [0.1, 0.15) is 12.4 Å². The number of carbonyl (C=O) groups is 1. The highest BCUT2D eigenvalue weighted by atomic mass is 16.5. The van der Waals surface area contributed by atoms with E-state index in [0.717, 1.165) is 25.9 Å². The zero-order chi connectivity index (χ0) is 18.9. The number of anilines is 1. The maximum atomic E-state index is 12.6. The van der Waals surface area contributed by atoms with Gasteiger partial charge < -0.3 is 24.5 Å². The van der Waals surface area contributed by atoms with E-state index in [1.165, 1.54) is 0 Å². The molecule has 1 spiro atoms. The molecule has 0 aromatic carbocycles. The van der Waals surface area contributed by atoms with Crippen molar-refractivity contribution in [2.45, 2.75) is 43.4 Å². The Kier molecular flexibility index (Phi) is 4.61. The van der Waals surface area contributed by atoms with Gasteiger partial charge in [-0.15, -0.1) is 0 Å². The predicted molar refractivity (Wildman–Crippen MR) is 97.4 cm³/mol. The molecule has 1 amide bonds. The van der Waals surface area contributed by atoms with Crippen molar-refractivity contribution in [3.63, 3.8) is 0 Å². The molecule has 2 saturated heterocycles. The molecule has 2 fully saturated rings. The Morgan fingerprint density at radius 2 is 2.04 bits per heavy atom. The molecule has 0 aliphatic carbocycles. The van der Waals surface area contributed by atoms with Crippen LogP contribution in [0, 0.1) is 0 Å². The van der Waals surface area contributed by atoms with Crippen molar-refractivity contribution in [3.8, 4) is 0 Å². The summed E-state index contributed by atoms with van der Waals surface area (Å²) in [6.07, 6.45) is 7.72. The second-order valence-electron chi connectivity index (χ2n) is 7.60. The van der Waals surface area contributed by atoms with Gasteiger partial charge in [-0.05, 0) is 31.9 Å². The molecule has 4 heterocycles. The number of aliphatic hydroxyl groups is 1. The van der Waals surface area contributed by atoms with Crippen molar-refractivity contribution < 1.29 is 19.1 Å². The molecule has 2 aliphatic heterocycles. The zero-order valence-corrected chi connectivity index (χ0v) is 15.3. The number of piperidine rings is 1. The van der Waals surface area contributed by atoms with Crippen LogP contribution in [0.2, 0.25) is 0 Å². The third kappa shape index (κ3) is 3.54. The molecule has 27 heavy (non-hydrogen) atoms. The van der Waals surface area contributed by atoms with Crippen LogP contribution in [0.5, 0.6) is 0 Å². The van der Waals surface area contributed by atoms with Crippen LogP contribution >= 0.6 is 0 Å². The van der Waals surface area contributed by atoms with Crippen LogP contribution in [-0.2, 0) is 4.74 Å². The fourth-order valence-corrected chi connectivity index (χ4v) is 4.04. The van der Waals surface area contributed by atoms with Gasteiger partial charge in [-0.3, -0.25) is 9.78 Å². The molecule has 0 bridgehead atoms. The van der Waals surface area contributed by atoms with E-state index in [1.54, 1.807) is 37.0 Å². The highest BCUT2D eigenvalue weighted by molar-refractivity contribution is 5.94. The number of amides is 1. The first-order valence-corrected chi connectivity index (χ1v) is 9.19. The number of rotatable bonds is 3. The molecule has 144 valence electrons. The zero-order valence-electron chi connectivity index (χ0n) is 15.3. The molecule has 2 aromatic rings. The van der Waals surface area contributed by atoms with Crippen LogP contribution in [0.25, 0.3) is 0 Å². The molecule has 8 nitrogen and oxygen atoms in total. The normalized spacial score (nSPS) is 27.5. The molecule has 2 N–H and O–H groups in total. The van der Waals surface area contributed by atoms with E-state index in [9.17, 15) is 9.90 Å². The van der Waals surface area contributed by atoms with Gasteiger partial charge in [-0.1, -0.05) is 0 Å². The van der Waals surface area contributed by atoms with E-state index in [4.69, 9.17) is 9.15 Å². The fourth-order valence-electron chi connectivity index (χ4n) is 4.04. The third-order valence-corrected chi connectivity index (χ3v) is 5.68. The molecule has 2 atom stereocenters. The molecule has 0 radical (unpaired) electrons. The van der Waals surface area contributed by atoms with Crippen LogP contribution in [-0.4, -0.2) is 57.9 Å². The van der Waals surface area contributed by atoms with Gasteiger partial charge in [-0.2, -0.15) is 0 Å². The summed E-state index contributed by atoms with van der Waals surface area (Å²) in [4.78, 5) is 22.9. The predicted octanol–water partition coefficient (Wildman–Crippen LogP) is 1.38. The average molecular weight is 372 g/mol. The SMILES string of the molecule is C[C@@]1(NC(=O)c2ccncc2)CC2(CCN(c3ncco3)CC2)OC[C@H]1O. The Balaban J connectivity index is 1.45. The van der Waals surface area contributed by atoms with Crippen molar-refractivity contribution in [2.24, 2.45) is 0 Å². The summed E-state index contributed by atoms with van der Waals surface area (Å²) in [5.41, 5.74) is -0.607. The number of oxazole rings is 1. The Morgan fingerprint density at radius 1 is 1.30 bits per heavy atom. The second-order valence-corrected chi connectivity index (χ2v) is 7.60. The lowest BCUT2D eigenvalue weighted by molar-refractivity contribution is -0.167. The van der Waals surface area contributed by atoms with Crippen LogP contribution in [0.15, 0.2) is 41.4 Å². The van der Waals surface area contributed by atoms with Gasteiger partial charge in [0.25, 0.3) is 11.9 Å². The van der Waals surface area contributed by atoms with Gasteiger partial charge in [-0.25, -0.2) is 4.98 Å². The maximum Gasteiger partial charge on any atom is 0.297 e. The Hall–Kier alpha value is -2.45. The first-order chi connectivity index (χ1) is 13.0. The molecular weight excluding hydrogens is 348 g/mol. The number of nitrogens with one attached hydrogen (secondary N) is 1. The lowest BCUT2D eigenvalue weighted by atomic mass is 9.74. The summed E-state index contributed by atoms with van der Waals surface area (Å²) in [5, 5.41) is 13.6. The van der Waals surface area contributed by atoms with E-state index in [2.05, 4.69) is 20.2 Å². The molecule has 0 unspecified atom stereocenters. The largest absolute Gasteiger partial charge is 0.432 e. The minimum absolute atomic E-state index is 0.201. The first kappa shape index (κ1) is 17.9. The second kappa shape index (κ2) is 6.94. The highest BCUT2D eigenvalue weighted by Gasteiger charge is 2.50. The van der Waals surface area contributed by atoms with E-state index >= 15 is 0 Å². The van der Waals surface area contributed by atoms with Gasteiger partial charge in [0.2, 0.25) is 0 Å². The molecule has 2 aromatic heterocycles. The van der Waals surface area contributed by atoms with E-state index in [1.807, 2.05) is 6.92 Å². The van der Waals surface area contributed by atoms with E-state index in [0.29, 0.717) is 18.0 Å². The Labute approximate surface area is 157 Å². The number of nitrogens with zero attached hydrogens (tertiary/aromatic N) is 3. The number of aliphatic hydroxyl groups excluding tert-OH is 1. The average Bonchev–Trinajstić information content (AvgIpc) is 3.21.